The van der Waals surface area contributed by atoms with Crippen LogP contribution < -0.4 is 0 Å². The molecule has 0 aromatic heterocycles. The summed E-state index contributed by atoms with van der Waals surface area (Å²) in [6.07, 6.45) is 10.0. The molecule has 0 bridgehead atoms. The molecular weight excluding hydrogens is 395 g/mol. The summed E-state index contributed by atoms with van der Waals surface area (Å²) in [6.45, 7) is 0. The quantitative estimate of drug-likeness (QED) is 0.362. The standard InChI is InChI=1S/C13H9.C5H5.Hf/c1-3-7-12-10(5-1)9-11-6-2-4-8-13(11)12;1-2-4-5-3-1;/h1-9H;1-3H,4H2;/q2*-1;. The molecule has 0 saturated carbocycles. The Kier molecular flexibility index (Phi) is 4.98. The number of hydrogen-bond acceptors (Lipinski definition) is 0. The van der Waals surface area contributed by atoms with Crippen molar-refractivity contribution in [3.05, 3.63) is 78.9 Å². The van der Waals surface area contributed by atoms with Crippen molar-refractivity contribution in [1.29, 1.82) is 0 Å². The van der Waals surface area contributed by atoms with Crippen molar-refractivity contribution in [3.63, 3.8) is 0 Å². The summed E-state index contributed by atoms with van der Waals surface area (Å²) < 4.78 is 0. The molecule has 0 unspecified atom stereocenters. The fourth-order valence-electron chi connectivity index (χ4n) is 2.24. The van der Waals surface area contributed by atoms with Crippen LogP contribution in [-0.4, -0.2) is 0 Å². The number of allylic oxidation sites excluding steroid dienone is 4. The molecule has 0 atom stereocenters. The van der Waals surface area contributed by atoms with E-state index in [1.807, 2.05) is 12.2 Å². The maximum atomic E-state index is 2.99. The van der Waals surface area contributed by atoms with Crippen molar-refractivity contribution in [2.24, 2.45) is 0 Å². The summed E-state index contributed by atoms with van der Waals surface area (Å²) in [5.41, 5.74) is 0. The van der Waals surface area contributed by atoms with Gasteiger partial charge in [-0.05, 0) is 0 Å². The normalized spacial score (nSPS) is 12.2. The van der Waals surface area contributed by atoms with Crippen LogP contribution in [0.1, 0.15) is 6.42 Å². The molecule has 3 aromatic carbocycles. The van der Waals surface area contributed by atoms with E-state index in [1.54, 1.807) is 0 Å². The van der Waals surface area contributed by atoms with Gasteiger partial charge in [0.2, 0.25) is 0 Å². The van der Waals surface area contributed by atoms with Gasteiger partial charge >= 0.3 is 0 Å². The first-order valence-electron chi connectivity index (χ1n) is 6.20. The van der Waals surface area contributed by atoms with Crippen molar-refractivity contribution in [3.8, 4) is 0 Å². The van der Waals surface area contributed by atoms with E-state index in [9.17, 15) is 0 Å². The molecular formula is C18H14Hf-2. The Labute approximate surface area is 132 Å². The van der Waals surface area contributed by atoms with E-state index >= 15 is 0 Å². The van der Waals surface area contributed by atoms with E-state index in [0.29, 0.717) is 0 Å². The van der Waals surface area contributed by atoms with Crippen LogP contribution in [0.15, 0.2) is 72.8 Å². The van der Waals surface area contributed by atoms with Crippen LogP contribution in [0.2, 0.25) is 0 Å². The van der Waals surface area contributed by atoms with Crippen LogP contribution in [0.3, 0.4) is 0 Å². The predicted molar refractivity (Wildman–Crippen MR) is 78.6 cm³/mol. The maximum Gasteiger partial charge on any atom is 0 e. The monoisotopic (exact) mass is 410 g/mol. The molecule has 3 aromatic rings. The molecule has 1 aliphatic carbocycles. The average molecular weight is 409 g/mol. The third-order valence-corrected chi connectivity index (χ3v) is 3.11. The summed E-state index contributed by atoms with van der Waals surface area (Å²) in [5, 5.41) is 5.39. The van der Waals surface area contributed by atoms with Crippen molar-refractivity contribution >= 4 is 21.5 Å². The van der Waals surface area contributed by atoms with Crippen molar-refractivity contribution < 1.29 is 25.8 Å². The van der Waals surface area contributed by atoms with Crippen LogP contribution in [0.5, 0.6) is 0 Å². The molecule has 4 rings (SSSR count). The van der Waals surface area contributed by atoms with E-state index in [-0.39, 0.29) is 25.8 Å². The zero-order valence-electron chi connectivity index (χ0n) is 10.6. The van der Waals surface area contributed by atoms with E-state index < -0.39 is 0 Å². The summed E-state index contributed by atoms with van der Waals surface area (Å²) in [4.78, 5) is 0. The van der Waals surface area contributed by atoms with Crippen LogP contribution >= 0.6 is 0 Å². The Morgan fingerprint density at radius 2 is 1.42 bits per heavy atom. The fraction of sp³-hybridized carbons (Fsp3) is 0.0556. The van der Waals surface area contributed by atoms with Gasteiger partial charge in [-0.1, -0.05) is 36.4 Å². The molecule has 1 aliphatic rings. The average Bonchev–Trinajstić information content (AvgIpc) is 3.10. The second-order valence-electron chi connectivity index (χ2n) is 4.32. The Balaban J connectivity index is 0.000000190. The zero-order valence-corrected chi connectivity index (χ0v) is 14.2. The Hall–Kier alpha value is -1.34. The van der Waals surface area contributed by atoms with Crippen molar-refractivity contribution in [1.82, 2.24) is 0 Å². The van der Waals surface area contributed by atoms with Gasteiger partial charge in [-0.15, -0.1) is 46.2 Å². The van der Waals surface area contributed by atoms with Gasteiger partial charge in [-0.2, -0.15) is 6.08 Å². The molecule has 0 heterocycles. The molecule has 0 nitrogen and oxygen atoms in total. The van der Waals surface area contributed by atoms with Crippen LogP contribution in [0, 0.1) is 6.08 Å². The molecule has 0 radical (unpaired) electrons. The molecule has 0 saturated heterocycles. The van der Waals surface area contributed by atoms with Gasteiger partial charge in [0, 0.05) is 25.8 Å². The SMILES string of the molecule is [C-]1=CC=CC1.[Hf].c1ccc2c(c1)[cH-]c1ccccc12. The topological polar surface area (TPSA) is 0 Å². The fourth-order valence-corrected chi connectivity index (χ4v) is 2.24. The Bertz CT molecular complexity index is 656. The summed E-state index contributed by atoms with van der Waals surface area (Å²) >= 11 is 0. The van der Waals surface area contributed by atoms with E-state index in [2.05, 4.69) is 66.7 Å². The van der Waals surface area contributed by atoms with Gasteiger partial charge < -0.3 is 0 Å². The predicted octanol–water partition coefficient (Wildman–Crippen LogP) is 5.02. The molecule has 0 N–H and O–H groups in total. The third-order valence-electron chi connectivity index (χ3n) is 3.11. The van der Waals surface area contributed by atoms with Gasteiger partial charge in [-0.3, -0.25) is 6.08 Å². The number of rotatable bonds is 0. The van der Waals surface area contributed by atoms with Crippen LogP contribution in [0.25, 0.3) is 21.5 Å². The number of fused-ring (bicyclic) bond motifs is 3. The van der Waals surface area contributed by atoms with Crippen molar-refractivity contribution in [2.75, 3.05) is 0 Å². The van der Waals surface area contributed by atoms with Gasteiger partial charge in [-0.25, -0.2) is 12.2 Å². The molecule has 0 fully saturated rings. The van der Waals surface area contributed by atoms with Crippen LogP contribution in [-0.2, 0) is 25.8 Å². The van der Waals surface area contributed by atoms with Gasteiger partial charge in [0.25, 0.3) is 0 Å². The first-order valence-corrected chi connectivity index (χ1v) is 6.20. The molecule has 1 heteroatoms. The zero-order chi connectivity index (χ0) is 12.2. The summed E-state index contributed by atoms with van der Waals surface area (Å²) in [6, 6.07) is 19.3. The second kappa shape index (κ2) is 6.72. The second-order valence-corrected chi connectivity index (χ2v) is 4.32. The molecule has 19 heavy (non-hydrogen) atoms. The number of benzene rings is 2. The smallest absolute Gasteiger partial charge is 0 e. The van der Waals surface area contributed by atoms with E-state index in [0.717, 1.165) is 6.42 Å². The molecule has 0 aliphatic heterocycles. The Morgan fingerprint density at radius 3 is 1.84 bits per heavy atom. The summed E-state index contributed by atoms with van der Waals surface area (Å²) in [5.74, 6) is 0. The van der Waals surface area contributed by atoms with Gasteiger partial charge in [0.1, 0.15) is 0 Å². The molecule has 0 spiro atoms. The summed E-state index contributed by atoms with van der Waals surface area (Å²) in [7, 11) is 0. The Morgan fingerprint density at radius 1 is 0.842 bits per heavy atom. The van der Waals surface area contributed by atoms with Crippen molar-refractivity contribution in [2.45, 2.75) is 6.42 Å². The minimum atomic E-state index is 0. The first kappa shape index (κ1) is 14.1. The van der Waals surface area contributed by atoms with E-state index in [4.69, 9.17) is 0 Å². The minimum Gasteiger partial charge on any atom is -0.273 e. The van der Waals surface area contributed by atoms with E-state index in [1.165, 1.54) is 21.5 Å². The minimum absolute atomic E-state index is 0. The molecule has 92 valence electrons. The largest absolute Gasteiger partial charge is 0.273 e. The third kappa shape index (κ3) is 3.16. The van der Waals surface area contributed by atoms with Gasteiger partial charge in [0.05, 0.1) is 0 Å². The molecule has 0 amide bonds. The maximum absolute atomic E-state index is 2.99. The van der Waals surface area contributed by atoms with Crippen LogP contribution in [0.4, 0.5) is 0 Å². The number of hydrogen-bond donors (Lipinski definition) is 0. The van der Waals surface area contributed by atoms with Gasteiger partial charge in [0.15, 0.2) is 0 Å². The first-order chi connectivity index (χ1) is 8.95.